The van der Waals surface area contributed by atoms with Crippen LogP contribution in [0.25, 0.3) is 11.3 Å². The number of benzene rings is 1. The van der Waals surface area contributed by atoms with Crippen molar-refractivity contribution in [2.45, 2.75) is 6.92 Å². The second-order valence-electron chi connectivity index (χ2n) is 4.19. The first-order valence-corrected chi connectivity index (χ1v) is 6.69. The van der Waals surface area contributed by atoms with Gasteiger partial charge in [-0.15, -0.1) is 0 Å². The first kappa shape index (κ1) is 15.1. The zero-order valence-corrected chi connectivity index (χ0v) is 12.4. The summed E-state index contributed by atoms with van der Waals surface area (Å²) in [5.74, 6) is -1.08. The third-order valence-corrected chi connectivity index (χ3v) is 3.07. The normalized spacial score (nSPS) is 10.2. The Balaban J connectivity index is 2.54. The fourth-order valence-corrected chi connectivity index (χ4v) is 2.11. The maximum Gasteiger partial charge on any atom is 0.354 e. The third-order valence-electron chi connectivity index (χ3n) is 2.83. The minimum Gasteiger partial charge on any atom is -0.464 e. The summed E-state index contributed by atoms with van der Waals surface area (Å²) >= 11 is 5.96. The van der Waals surface area contributed by atoms with E-state index in [0.29, 0.717) is 16.3 Å². The Morgan fingerprint density at radius 2 is 2.00 bits per heavy atom. The van der Waals surface area contributed by atoms with Crippen LogP contribution in [-0.4, -0.2) is 30.6 Å². The van der Waals surface area contributed by atoms with E-state index >= 15 is 0 Å². The molecule has 0 atom stereocenters. The molecule has 0 radical (unpaired) electrons. The molecule has 0 aliphatic heterocycles. The van der Waals surface area contributed by atoms with E-state index in [1.807, 2.05) is 0 Å². The maximum atomic E-state index is 12.0. The Morgan fingerprint density at radius 3 is 2.62 bits per heavy atom. The lowest BCUT2D eigenvalue weighted by atomic mass is 10.1. The second kappa shape index (κ2) is 6.45. The van der Waals surface area contributed by atoms with Crippen LogP contribution in [0, 0.1) is 0 Å². The van der Waals surface area contributed by atoms with Gasteiger partial charge in [-0.3, -0.25) is 0 Å². The molecule has 0 fully saturated rings. The van der Waals surface area contributed by atoms with E-state index in [4.69, 9.17) is 16.3 Å². The van der Waals surface area contributed by atoms with E-state index < -0.39 is 11.9 Å². The fraction of sp³-hybridized carbons (Fsp3) is 0.200. The van der Waals surface area contributed by atoms with Gasteiger partial charge in [-0.25, -0.2) is 9.59 Å². The summed E-state index contributed by atoms with van der Waals surface area (Å²) in [4.78, 5) is 26.5. The lowest BCUT2D eigenvalue weighted by molar-refractivity contribution is 0.0527. The summed E-state index contributed by atoms with van der Waals surface area (Å²) in [6.07, 6.45) is 0. The van der Waals surface area contributed by atoms with Gasteiger partial charge in [0.2, 0.25) is 0 Å². The molecule has 0 bridgehead atoms. The number of hydrogen-bond donors (Lipinski definition) is 1. The highest BCUT2D eigenvalue weighted by molar-refractivity contribution is 6.30. The van der Waals surface area contributed by atoms with Crippen LogP contribution >= 0.6 is 11.6 Å². The number of aromatic amines is 1. The van der Waals surface area contributed by atoms with E-state index in [9.17, 15) is 9.59 Å². The van der Waals surface area contributed by atoms with Crippen LogP contribution in [0.3, 0.4) is 0 Å². The number of halogens is 1. The number of nitrogens with one attached hydrogen (secondary N) is 1. The number of esters is 2. The first-order valence-electron chi connectivity index (χ1n) is 6.31. The molecule has 21 heavy (non-hydrogen) atoms. The summed E-state index contributed by atoms with van der Waals surface area (Å²) in [6, 6.07) is 8.36. The van der Waals surface area contributed by atoms with Crippen LogP contribution in [0.2, 0.25) is 5.02 Å². The van der Waals surface area contributed by atoms with Crippen molar-refractivity contribution in [1.29, 1.82) is 0 Å². The lowest BCUT2D eigenvalue weighted by Crippen LogP contribution is -2.05. The van der Waals surface area contributed by atoms with E-state index in [2.05, 4.69) is 9.72 Å². The highest BCUT2D eigenvalue weighted by Gasteiger charge is 2.21. The topological polar surface area (TPSA) is 68.4 Å². The summed E-state index contributed by atoms with van der Waals surface area (Å²) < 4.78 is 9.66. The van der Waals surface area contributed by atoms with Crippen molar-refractivity contribution in [1.82, 2.24) is 4.98 Å². The largest absolute Gasteiger partial charge is 0.464 e. The van der Waals surface area contributed by atoms with Crippen molar-refractivity contribution in [3.8, 4) is 11.3 Å². The van der Waals surface area contributed by atoms with Crippen molar-refractivity contribution in [3.05, 3.63) is 46.6 Å². The number of rotatable bonds is 4. The van der Waals surface area contributed by atoms with Crippen molar-refractivity contribution in [2.24, 2.45) is 0 Å². The predicted molar refractivity (Wildman–Crippen MR) is 78.5 cm³/mol. The molecular weight excluding hydrogens is 294 g/mol. The van der Waals surface area contributed by atoms with Gasteiger partial charge in [0.15, 0.2) is 0 Å². The maximum absolute atomic E-state index is 12.0. The molecule has 0 saturated heterocycles. The Hall–Kier alpha value is -2.27. The molecule has 0 amide bonds. The van der Waals surface area contributed by atoms with E-state index in [0.717, 1.165) is 0 Å². The van der Waals surface area contributed by atoms with Gasteiger partial charge in [0, 0.05) is 10.6 Å². The van der Waals surface area contributed by atoms with Crippen LogP contribution in [0.1, 0.15) is 27.8 Å². The molecule has 0 saturated carbocycles. The predicted octanol–water partition coefficient (Wildman–Crippen LogP) is 3.30. The zero-order chi connectivity index (χ0) is 15.4. The monoisotopic (exact) mass is 307 g/mol. The van der Waals surface area contributed by atoms with Gasteiger partial charge < -0.3 is 14.5 Å². The fourth-order valence-electron chi connectivity index (χ4n) is 1.92. The standard InChI is InChI=1S/C15H14ClNO4/c1-3-21-14(18)11-8-12(15(19)20-2)17-13(11)9-5-4-6-10(16)7-9/h4-8,17H,3H2,1-2H3. The zero-order valence-electron chi connectivity index (χ0n) is 11.6. The lowest BCUT2D eigenvalue weighted by Gasteiger charge is -2.04. The number of methoxy groups -OCH3 is 1. The number of H-pyrrole nitrogens is 1. The van der Waals surface area contributed by atoms with Crippen LogP contribution in [0.4, 0.5) is 0 Å². The second-order valence-corrected chi connectivity index (χ2v) is 4.63. The van der Waals surface area contributed by atoms with E-state index in [-0.39, 0.29) is 17.9 Å². The van der Waals surface area contributed by atoms with Gasteiger partial charge in [0.05, 0.1) is 25.0 Å². The average molecular weight is 308 g/mol. The molecule has 0 unspecified atom stereocenters. The number of aromatic nitrogens is 1. The quantitative estimate of drug-likeness (QED) is 0.880. The summed E-state index contributed by atoms with van der Waals surface area (Å²) in [6.45, 7) is 1.96. The third kappa shape index (κ3) is 3.25. The number of hydrogen-bond acceptors (Lipinski definition) is 4. The minimum atomic E-state index is -0.561. The molecule has 110 valence electrons. The van der Waals surface area contributed by atoms with Gasteiger partial charge in [-0.1, -0.05) is 23.7 Å². The van der Waals surface area contributed by atoms with Crippen LogP contribution in [0.15, 0.2) is 30.3 Å². The van der Waals surface area contributed by atoms with Gasteiger partial charge in [-0.05, 0) is 25.1 Å². The molecule has 1 aromatic heterocycles. The highest BCUT2D eigenvalue weighted by atomic mass is 35.5. The molecule has 0 spiro atoms. The van der Waals surface area contributed by atoms with E-state index in [1.54, 1.807) is 31.2 Å². The Bertz CT molecular complexity index is 678. The smallest absolute Gasteiger partial charge is 0.354 e. The van der Waals surface area contributed by atoms with Crippen LogP contribution < -0.4 is 0 Å². The summed E-state index contributed by atoms with van der Waals surface area (Å²) in [5, 5.41) is 0.525. The molecule has 0 aliphatic carbocycles. The molecule has 2 aromatic rings. The SMILES string of the molecule is CCOC(=O)c1cc(C(=O)OC)[nH]c1-c1cccc(Cl)c1. The van der Waals surface area contributed by atoms with Crippen molar-refractivity contribution >= 4 is 23.5 Å². The van der Waals surface area contributed by atoms with Crippen molar-refractivity contribution < 1.29 is 19.1 Å². The summed E-state index contributed by atoms with van der Waals surface area (Å²) in [5.41, 5.74) is 1.59. The minimum absolute atomic E-state index is 0.176. The van der Waals surface area contributed by atoms with Crippen molar-refractivity contribution in [2.75, 3.05) is 13.7 Å². The molecule has 6 heteroatoms. The molecule has 1 N–H and O–H groups in total. The molecule has 1 heterocycles. The van der Waals surface area contributed by atoms with Gasteiger partial charge >= 0.3 is 11.9 Å². The van der Waals surface area contributed by atoms with Gasteiger partial charge in [0.25, 0.3) is 0 Å². The van der Waals surface area contributed by atoms with Crippen LogP contribution in [-0.2, 0) is 9.47 Å². The molecule has 2 rings (SSSR count). The molecule has 1 aromatic carbocycles. The highest BCUT2D eigenvalue weighted by Crippen LogP contribution is 2.27. The van der Waals surface area contributed by atoms with Gasteiger partial charge in [-0.2, -0.15) is 0 Å². The van der Waals surface area contributed by atoms with Crippen molar-refractivity contribution in [3.63, 3.8) is 0 Å². The Kier molecular flexibility index (Phi) is 4.65. The first-order chi connectivity index (χ1) is 10.1. The Morgan fingerprint density at radius 1 is 1.24 bits per heavy atom. The summed E-state index contributed by atoms with van der Waals surface area (Å²) in [7, 11) is 1.27. The van der Waals surface area contributed by atoms with Gasteiger partial charge in [0.1, 0.15) is 5.69 Å². The van der Waals surface area contributed by atoms with Crippen LogP contribution in [0.5, 0.6) is 0 Å². The van der Waals surface area contributed by atoms with E-state index in [1.165, 1.54) is 13.2 Å². The molecular formula is C15H14ClNO4. The average Bonchev–Trinajstić information content (AvgIpc) is 2.92. The Labute approximate surface area is 126 Å². The number of ether oxygens (including phenoxy) is 2. The molecule has 0 aliphatic rings. The number of carbonyl (C=O) groups is 2. The molecule has 5 nitrogen and oxygen atoms in total. The number of carbonyl (C=O) groups excluding carboxylic acids is 2.